The molecule has 1 aliphatic carbocycles. The summed E-state index contributed by atoms with van der Waals surface area (Å²) in [5.41, 5.74) is 0.682. The van der Waals surface area contributed by atoms with Crippen molar-refractivity contribution in [1.29, 1.82) is 0 Å². The number of aliphatic hydroxyl groups is 1. The second kappa shape index (κ2) is 6.32. The van der Waals surface area contributed by atoms with Crippen molar-refractivity contribution in [3.05, 3.63) is 34.9 Å². The number of rotatable bonds is 6. The standard InChI is InChI=1S/C14H18ClNO2/c15-12-6-4-11(5-7-12)14(18)10-16(8-9-17)13-2-1-3-13/h4-7,13,17H,1-3,8-10H2. The van der Waals surface area contributed by atoms with Crippen molar-refractivity contribution in [2.45, 2.75) is 25.3 Å². The van der Waals surface area contributed by atoms with Crippen LogP contribution in [0.2, 0.25) is 5.02 Å². The number of carbonyl (C=O) groups excluding carboxylic acids is 1. The normalized spacial score (nSPS) is 15.7. The first-order chi connectivity index (χ1) is 8.70. The van der Waals surface area contributed by atoms with Gasteiger partial charge in [0.1, 0.15) is 0 Å². The van der Waals surface area contributed by atoms with Crippen LogP contribution in [0.5, 0.6) is 0 Å². The van der Waals surface area contributed by atoms with Crippen molar-refractivity contribution in [2.75, 3.05) is 19.7 Å². The van der Waals surface area contributed by atoms with Gasteiger partial charge < -0.3 is 5.11 Å². The minimum absolute atomic E-state index is 0.0898. The maximum Gasteiger partial charge on any atom is 0.176 e. The molecule has 1 aromatic carbocycles. The molecule has 0 amide bonds. The molecule has 0 atom stereocenters. The highest BCUT2D eigenvalue weighted by Crippen LogP contribution is 2.24. The summed E-state index contributed by atoms with van der Waals surface area (Å²) in [5.74, 6) is 0.0898. The van der Waals surface area contributed by atoms with Crippen LogP contribution in [-0.4, -0.2) is 41.5 Å². The van der Waals surface area contributed by atoms with Gasteiger partial charge in [0.25, 0.3) is 0 Å². The first-order valence-electron chi connectivity index (χ1n) is 6.34. The molecule has 0 unspecified atom stereocenters. The van der Waals surface area contributed by atoms with E-state index in [4.69, 9.17) is 16.7 Å². The van der Waals surface area contributed by atoms with Gasteiger partial charge >= 0.3 is 0 Å². The molecule has 0 bridgehead atoms. The summed E-state index contributed by atoms with van der Waals surface area (Å²) in [6.07, 6.45) is 3.49. The van der Waals surface area contributed by atoms with E-state index in [-0.39, 0.29) is 12.4 Å². The highest BCUT2D eigenvalue weighted by molar-refractivity contribution is 6.30. The number of nitrogens with zero attached hydrogens (tertiary/aromatic N) is 1. The Morgan fingerprint density at radius 1 is 1.33 bits per heavy atom. The van der Waals surface area contributed by atoms with Gasteiger partial charge in [-0.05, 0) is 37.1 Å². The lowest BCUT2D eigenvalue weighted by molar-refractivity contribution is 0.0747. The van der Waals surface area contributed by atoms with Gasteiger partial charge in [-0.15, -0.1) is 0 Å². The minimum atomic E-state index is 0.0898. The van der Waals surface area contributed by atoms with E-state index < -0.39 is 0 Å². The molecule has 0 aromatic heterocycles. The second-order valence-electron chi connectivity index (χ2n) is 4.71. The van der Waals surface area contributed by atoms with Crippen molar-refractivity contribution in [1.82, 2.24) is 4.90 Å². The summed E-state index contributed by atoms with van der Waals surface area (Å²) in [7, 11) is 0. The molecule has 4 heteroatoms. The molecule has 98 valence electrons. The van der Waals surface area contributed by atoms with E-state index in [1.807, 2.05) is 0 Å². The second-order valence-corrected chi connectivity index (χ2v) is 5.15. The highest BCUT2D eigenvalue weighted by Gasteiger charge is 2.26. The highest BCUT2D eigenvalue weighted by atomic mass is 35.5. The third-order valence-corrected chi connectivity index (χ3v) is 3.74. The molecule has 0 heterocycles. The van der Waals surface area contributed by atoms with Gasteiger partial charge in [-0.2, -0.15) is 0 Å². The van der Waals surface area contributed by atoms with E-state index in [0.29, 0.717) is 29.7 Å². The molecule has 18 heavy (non-hydrogen) atoms. The predicted octanol–water partition coefficient (Wildman–Crippen LogP) is 2.37. The lowest BCUT2D eigenvalue weighted by Crippen LogP contribution is -2.44. The lowest BCUT2D eigenvalue weighted by Gasteiger charge is -2.36. The molecule has 0 radical (unpaired) electrons. The molecule has 2 rings (SSSR count). The summed E-state index contributed by atoms with van der Waals surface area (Å²) in [5, 5.41) is 9.69. The number of hydrogen-bond donors (Lipinski definition) is 1. The van der Waals surface area contributed by atoms with E-state index in [9.17, 15) is 4.79 Å². The SMILES string of the molecule is O=C(CN(CCO)C1CCC1)c1ccc(Cl)cc1. The Hall–Kier alpha value is -0.900. The maximum atomic E-state index is 12.1. The fraction of sp³-hybridized carbons (Fsp3) is 0.500. The Morgan fingerprint density at radius 3 is 2.50 bits per heavy atom. The Balaban J connectivity index is 1.97. The molecule has 1 aromatic rings. The van der Waals surface area contributed by atoms with Crippen LogP contribution < -0.4 is 0 Å². The van der Waals surface area contributed by atoms with Crippen molar-refractivity contribution < 1.29 is 9.90 Å². The number of carbonyl (C=O) groups is 1. The van der Waals surface area contributed by atoms with Crippen LogP contribution in [0.4, 0.5) is 0 Å². The average molecular weight is 268 g/mol. The van der Waals surface area contributed by atoms with Crippen molar-refractivity contribution >= 4 is 17.4 Å². The molecule has 0 saturated heterocycles. The van der Waals surface area contributed by atoms with Crippen molar-refractivity contribution in [2.24, 2.45) is 0 Å². The monoisotopic (exact) mass is 267 g/mol. The Morgan fingerprint density at radius 2 is 2.00 bits per heavy atom. The van der Waals surface area contributed by atoms with Crippen LogP contribution in [0.1, 0.15) is 29.6 Å². The molecule has 1 fully saturated rings. The van der Waals surface area contributed by atoms with Gasteiger partial charge in [-0.3, -0.25) is 9.69 Å². The fourth-order valence-electron chi connectivity index (χ4n) is 2.18. The fourth-order valence-corrected chi connectivity index (χ4v) is 2.31. The van der Waals surface area contributed by atoms with Crippen molar-refractivity contribution in [3.63, 3.8) is 0 Å². The van der Waals surface area contributed by atoms with Gasteiger partial charge in [-0.25, -0.2) is 0 Å². The van der Waals surface area contributed by atoms with Crippen LogP contribution in [-0.2, 0) is 0 Å². The Bertz CT molecular complexity index is 401. The van der Waals surface area contributed by atoms with Crippen molar-refractivity contribution in [3.8, 4) is 0 Å². The van der Waals surface area contributed by atoms with Crippen LogP contribution in [0.25, 0.3) is 0 Å². The van der Waals surface area contributed by atoms with E-state index in [1.165, 1.54) is 6.42 Å². The zero-order valence-corrected chi connectivity index (χ0v) is 11.1. The summed E-state index contributed by atoms with van der Waals surface area (Å²) in [4.78, 5) is 14.2. The van der Waals surface area contributed by atoms with Crippen LogP contribution in [0.3, 0.4) is 0 Å². The van der Waals surface area contributed by atoms with E-state index in [2.05, 4.69) is 4.90 Å². The topological polar surface area (TPSA) is 40.5 Å². The largest absolute Gasteiger partial charge is 0.395 e. The number of aliphatic hydroxyl groups excluding tert-OH is 1. The molecule has 1 saturated carbocycles. The number of ketones is 1. The smallest absolute Gasteiger partial charge is 0.176 e. The number of Topliss-reactive ketones (excluding diaryl/α,β-unsaturated/α-hetero) is 1. The van der Waals surface area contributed by atoms with Crippen LogP contribution in [0, 0.1) is 0 Å². The predicted molar refractivity (Wildman–Crippen MR) is 72.1 cm³/mol. The first kappa shape index (κ1) is 13.5. The van der Waals surface area contributed by atoms with Gasteiger partial charge in [0.2, 0.25) is 0 Å². The lowest BCUT2D eigenvalue weighted by atomic mass is 9.91. The quantitative estimate of drug-likeness (QED) is 0.805. The number of benzene rings is 1. The summed E-state index contributed by atoms with van der Waals surface area (Å²) >= 11 is 5.80. The van der Waals surface area contributed by atoms with E-state index in [0.717, 1.165) is 12.8 Å². The molecular weight excluding hydrogens is 250 g/mol. The summed E-state index contributed by atoms with van der Waals surface area (Å²) < 4.78 is 0. The maximum absolute atomic E-state index is 12.1. The molecule has 3 nitrogen and oxygen atoms in total. The van der Waals surface area contributed by atoms with E-state index >= 15 is 0 Å². The van der Waals surface area contributed by atoms with Gasteiger partial charge in [0.15, 0.2) is 5.78 Å². The third-order valence-electron chi connectivity index (χ3n) is 3.49. The Labute approximate surface area is 112 Å². The van der Waals surface area contributed by atoms with Crippen LogP contribution >= 0.6 is 11.6 Å². The first-order valence-corrected chi connectivity index (χ1v) is 6.72. The summed E-state index contributed by atoms with van der Waals surface area (Å²) in [6, 6.07) is 7.43. The number of halogens is 1. The zero-order chi connectivity index (χ0) is 13.0. The molecular formula is C14H18ClNO2. The van der Waals surface area contributed by atoms with Gasteiger partial charge in [0.05, 0.1) is 13.2 Å². The minimum Gasteiger partial charge on any atom is -0.395 e. The van der Waals surface area contributed by atoms with Crippen LogP contribution in [0.15, 0.2) is 24.3 Å². The van der Waals surface area contributed by atoms with Gasteiger partial charge in [-0.1, -0.05) is 18.0 Å². The number of hydrogen-bond acceptors (Lipinski definition) is 3. The zero-order valence-electron chi connectivity index (χ0n) is 10.3. The molecule has 0 spiro atoms. The van der Waals surface area contributed by atoms with Gasteiger partial charge in [0, 0.05) is 23.2 Å². The third kappa shape index (κ3) is 3.31. The molecule has 0 aliphatic heterocycles. The summed E-state index contributed by atoms with van der Waals surface area (Å²) in [6.45, 7) is 1.06. The molecule has 1 aliphatic rings. The molecule has 1 N–H and O–H groups in total. The Kier molecular flexibility index (Phi) is 4.75. The average Bonchev–Trinajstić information content (AvgIpc) is 2.27. The van der Waals surface area contributed by atoms with E-state index in [1.54, 1.807) is 24.3 Å².